The number of ether oxygens (including phenoxy) is 1. The lowest BCUT2D eigenvalue weighted by Crippen LogP contribution is -2.49. The lowest BCUT2D eigenvalue weighted by atomic mass is 9.91. The number of hydrogen-bond acceptors (Lipinski definition) is 4. The summed E-state index contributed by atoms with van der Waals surface area (Å²) in [5.74, 6) is -0.482. The Morgan fingerprint density at radius 2 is 2.11 bits per heavy atom. The molecule has 2 rings (SSSR count). The van der Waals surface area contributed by atoms with E-state index in [9.17, 15) is 4.79 Å². The molecule has 1 atom stereocenters. The standard InChI is InChI=1S/C13H15N3O2/c1-18-12(17)13(14,10-16-9-5-8-15-16)11-6-3-2-4-7-11/h2-9H,10,14H2,1H3. The molecule has 0 radical (unpaired) electrons. The van der Waals surface area contributed by atoms with Crippen LogP contribution in [0.2, 0.25) is 0 Å². The number of benzene rings is 1. The second-order valence-electron chi connectivity index (χ2n) is 4.03. The van der Waals surface area contributed by atoms with Crippen LogP contribution in [-0.2, 0) is 21.6 Å². The summed E-state index contributed by atoms with van der Waals surface area (Å²) < 4.78 is 6.43. The minimum absolute atomic E-state index is 0.233. The SMILES string of the molecule is COC(=O)C(N)(Cn1cccn1)c1ccccc1. The fourth-order valence-electron chi connectivity index (χ4n) is 1.84. The topological polar surface area (TPSA) is 70.1 Å². The Morgan fingerprint density at radius 3 is 2.67 bits per heavy atom. The molecule has 1 unspecified atom stereocenters. The van der Waals surface area contributed by atoms with Gasteiger partial charge in [0.15, 0.2) is 5.54 Å². The van der Waals surface area contributed by atoms with Crippen LogP contribution in [0, 0.1) is 0 Å². The largest absolute Gasteiger partial charge is 0.467 e. The summed E-state index contributed by atoms with van der Waals surface area (Å²) in [5.41, 5.74) is 5.70. The summed E-state index contributed by atoms with van der Waals surface area (Å²) in [5, 5.41) is 4.07. The van der Waals surface area contributed by atoms with Crippen molar-refractivity contribution < 1.29 is 9.53 Å². The number of hydrogen-bond donors (Lipinski definition) is 1. The Kier molecular flexibility index (Phi) is 3.43. The Balaban J connectivity index is 2.38. The average Bonchev–Trinajstić information content (AvgIpc) is 2.91. The average molecular weight is 245 g/mol. The van der Waals surface area contributed by atoms with E-state index in [1.54, 1.807) is 35.3 Å². The number of carbonyl (C=O) groups excluding carboxylic acids is 1. The molecule has 0 spiro atoms. The van der Waals surface area contributed by atoms with Gasteiger partial charge in [0.05, 0.1) is 13.7 Å². The molecular weight excluding hydrogens is 230 g/mol. The second kappa shape index (κ2) is 5.01. The van der Waals surface area contributed by atoms with Crippen molar-refractivity contribution in [2.45, 2.75) is 12.1 Å². The van der Waals surface area contributed by atoms with Crippen molar-refractivity contribution >= 4 is 5.97 Å². The van der Waals surface area contributed by atoms with Gasteiger partial charge in [-0.2, -0.15) is 5.10 Å². The number of carbonyl (C=O) groups is 1. The molecule has 5 nitrogen and oxygen atoms in total. The van der Waals surface area contributed by atoms with E-state index in [1.165, 1.54) is 7.11 Å². The number of nitrogens with zero attached hydrogens (tertiary/aromatic N) is 2. The van der Waals surface area contributed by atoms with Crippen LogP contribution < -0.4 is 5.73 Å². The van der Waals surface area contributed by atoms with E-state index in [4.69, 9.17) is 10.5 Å². The fraction of sp³-hybridized carbons (Fsp3) is 0.231. The highest BCUT2D eigenvalue weighted by atomic mass is 16.5. The Hall–Kier alpha value is -2.14. The van der Waals surface area contributed by atoms with Crippen molar-refractivity contribution in [2.24, 2.45) is 5.73 Å². The number of esters is 1. The third-order valence-corrected chi connectivity index (χ3v) is 2.81. The van der Waals surface area contributed by atoms with Gasteiger partial charge < -0.3 is 10.5 Å². The Bertz CT molecular complexity index is 510. The van der Waals surface area contributed by atoms with Gasteiger partial charge in [-0.25, -0.2) is 4.79 Å². The third kappa shape index (κ3) is 2.26. The summed E-state index contributed by atoms with van der Waals surface area (Å²) in [6.07, 6.45) is 3.40. The molecular formula is C13H15N3O2. The zero-order valence-electron chi connectivity index (χ0n) is 10.1. The molecule has 1 aromatic heterocycles. The molecule has 0 fully saturated rings. The molecule has 94 valence electrons. The zero-order valence-corrected chi connectivity index (χ0v) is 10.1. The van der Waals surface area contributed by atoms with E-state index in [0.717, 1.165) is 0 Å². The van der Waals surface area contributed by atoms with Crippen molar-refractivity contribution in [1.29, 1.82) is 0 Å². The maximum atomic E-state index is 12.0. The molecule has 0 bridgehead atoms. The lowest BCUT2D eigenvalue weighted by Gasteiger charge is -2.26. The van der Waals surface area contributed by atoms with Gasteiger partial charge in [0.1, 0.15) is 0 Å². The number of methoxy groups -OCH3 is 1. The highest BCUT2D eigenvalue weighted by Crippen LogP contribution is 2.21. The van der Waals surface area contributed by atoms with Crippen LogP contribution in [0.4, 0.5) is 0 Å². The van der Waals surface area contributed by atoms with Crippen molar-refractivity contribution in [3.8, 4) is 0 Å². The van der Waals surface area contributed by atoms with Gasteiger partial charge in [-0.05, 0) is 11.6 Å². The summed E-state index contributed by atoms with van der Waals surface area (Å²) in [4.78, 5) is 12.0. The summed E-state index contributed by atoms with van der Waals surface area (Å²) in [7, 11) is 1.33. The van der Waals surface area contributed by atoms with Crippen molar-refractivity contribution in [2.75, 3.05) is 7.11 Å². The van der Waals surface area contributed by atoms with Crippen LogP contribution in [-0.4, -0.2) is 22.9 Å². The second-order valence-corrected chi connectivity index (χ2v) is 4.03. The van der Waals surface area contributed by atoms with Crippen LogP contribution in [0.3, 0.4) is 0 Å². The molecule has 1 aromatic carbocycles. The molecule has 0 aliphatic rings. The molecule has 0 amide bonds. The molecule has 5 heteroatoms. The molecule has 0 saturated carbocycles. The van der Waals surface area contributed by atoms with E-state index >= 15 is 0 Å². The molecule has 0 aliphatic carbocycles. The zero-order chi connectivity index (χ0) is 13.0. The van der Waals surface area contributed by atoms with Gasteiger partial charge in [0.2, 0.25) is 0 Å². The smallest absolute Gasteiger partial charge is 0.332 e. The molecule has 0 saturated heterocycles. The summed E-state index contributed by atoms with van der Waals surface area (Å²) in [6.45, 7) is 0.233. The first-order chi connectivity index (χ1) is 8.66. The fourth-order valence-corrected chi connectivity index (χ4v) is 1.84. The number of nitrogens with two attached hydrogens (primary N) is 1. The van der Waals surface area contributed by atoms with Gasteiger partial charge in [-0.3, -0.25) is 4.68 Å². The van der Waals surface area contributed by atoms with E-state index < -0.39 is 11.5 Å². The molecule has 1 heterocycles. The predicted octanol–water partition coefficient (Wildman–Crippen LogP) is 0.910. The van der Waals surface area contributed by atoms with Crippen LogP contribution in [0.5, 0.6) is 0 Å². The van der Waals surface area contributed by atoms with Crippen molar-refractivity contribution in [3.63, 3.8) is 0 Å². The Labute approximate surface area is 105 Å². The Morgan fingerprint density at radius 1 is 1.39 bits per heavy atom. The first-order valence-electron chi connectivity index (χ1n) is 5.57. The highest BCUT2D eigenvalue weighted by molar-refractivity contribution is 5.82. The van der Waals surface area contributed by atoms with Crippen molar-refractivity contribution in [1.82, 2.24) is 9.78 Å². The van der Waals surface area contributed by atoms with Crippen LogP contribution in [0.25, 0.3) is 0 Å². The van der Waals surface area contributed by atoms with E-state index in [-0.39, 0.29) is 6.54 Å². The minimum atomic E-state index is -1.23. The minimum Gasteiger partial charge on any atom is -0.467 e. The van der Waals surface area contributed by atoms with E-state index in [2.05, 4.69) is 5.10 Å². The predicted molar refractivity (Wildman–Crippen MR) is 66.6 cm³/mol. The molecule has 2 aromatic rings. The summed E-state index contributed by atoms with van der Waals surface area (Å²) in [6, 6.07) is 10.9. The molecule has 0 aliphatic heterocycles. The number of aromatic nitrogens is 2. The van der Waals surface area contributed by atoms with E-state index in [1.807, 2.05) is 18.2 Å². The first kappa shape index (κ1) is 12.3. The van der Waals surface area contributed by atoms with Crippen LogP contribution in [0.15, 0.2) is 48.8 Å². The first-order valence-corrected chi connectivity index (χ1v) is 5.57. The number of rotatable bonds is 4. The molecule has 2 N–H and O–H groups in total. The van der Waals surface area contributed by atoms with Crippen molar-refractivity contribution in [3.05, 3.63) is 54.4 Å². The maximum Gasteiger partial charge on any atom is 0.332 e. The molecule has 18 heavy (non-hydrogen) atoms. The van der Waals surface area contributed by atoms with Gasteiger partial charge in [0.25, 0.3) is 0 Å². The van der Waals surface area contributed by atoms with E-state index in [0.29, 0.717) is 5.56 Å². The maximum absolute atomic E-state index is 12.0. The van der Waals surface area contributed by atoms with Gasteiger partial charge >= 0.3 is 5.97 Å². The quantitative estimate of drug-likeness (QED) is 0.813. The van der Waals surface area contributed by atoms with Crippen LogP contribution >= 0.6 is 0 Å². The lowest BCUT2D eigenvalue weighted by molar-refractivity contribution is -0.148. The summed E-state index contributed by atoms with van der Waals surface area (Å²) >= 11 is 0. The monoisotopic (exact) mass is 245 g/mol. The van der Waals surface area contributed by atoms with Crippen LogP contribution in [0.1, 0.15) is 5.56 Å². The normalized spacial score (nSPS) is 13.9. The highest BCUT2D eigenvalue weighted by Gasteiger charge is 2.37. The van der Waals surface area contributed by atoms with Gasteiger partial charge in [0, 0.05) is 12.4 Å². The third-order valence-electron chi connectivity index (χ3n) is 2.81. The van der Waals surface area contributed by atoms with Gasteiger partial charge in [-0.1, -0.05) is 30.3 Å². The van der Waals surface area contributed by atoms with Gasteiger partial charge in [-0.15, -0.1) is 0 Å².